The van der Waals surface area contributed by atoms with Crippen LogP contribution in [0.3, 0.4) is 0 Å². The predicted octanol–water partition coefficient (Wildman–Crippen LogP) is 3.10. The quantitative estimate of drug-likeness (QED) is 0.800. The number of rotatable bonds is 3. The number of urea groups is 1. The molecule has 0 spiro atoms. The molecule has 0 unspecified atom stereocenters. The first-order valence-corrected chi connectivity index (χ1v) is 9.98. The second kappa shape index (κ2) is 6.96. The van der Waals surface area contributed by atoms with Crippen molar-refractivity contribution in [1.82, 2.24) is 10.3 Å². The average Bonchev–Trinajstić information content (AvgIpc) is 3.22. The number of halogens is 2. The van der Waals surface area contributed by atoms with Gasteiger partial charge in [0, 0.05) is 29.5 Å². The Morgan fingerprint density at radius 3 is 3.00 bits per heavy atom. The van der Waals surface area contributed by atoms with Crippen LogP contribution in [0.5, 0.6) is 0 Å². The lowest BCUT2D eigenvalue weighted by molar-refractivity contribution is -0.118. The van der Waals surface area contributed by atoms with Crippen LogP contribution in [0.4, 0.5) is 20.0 Å². The zero-order valence-electron chi connectivity index (χ0n) is 13.8. The first kappa shape index (κ1) is 17.4. The van der Waals surface area contributed by atoms with Crippen molar-refractivity contribution in [3.63, 3.8) is 0 Å². The molecule has 136 valence electrons. The maximum absolute atomic E-state index is 14.4. The van der Waals surface area contributed by atoms with Gasteiger partial charge in [-0.15, -0.1) is 11.3 Å². The molecule has 1 saturated heterocycles. The van der Waals surface area contributed by atoms with Crippen molar-refractivity contribution in [2.24, 2.45) is 0 Å². The van der Waals surface area contributed by atoms with Gasteiger partial charge in [0.05, 0.1) is 17.8 Å². The van der Waals surface area contributed by atoms with Gasteiger partial charge in [0.15, 0.2) is 5.13 Å². The van der Waals surface area contributed by atoms with Crippen LogP contribution in [0.2, 0.25) is 0 Å². The Hall–Kier alpha value is -2.00. The molecule has 1 aromatic carbocycles. The average molecular weight is 439 g/mol. The first-order valence-electron chi connectivity index (χ1n) is 8.31. The molecule has 0 aliphatic carbocycles. The molecule has 26 heavy (non-hydrogen) atoms. The zero-order valence-corrected chi connectivity index (χ0v) is 16.2. The molecule has 1 aromatic heterocycles. The van der Waals surface area contributed by atoms with E-state index in [4.69, 9.17) is 0 Å². The minimum Gasteiger partial charge on any atom is -0.336 e. The van der Waals surface area contributed by atoms with Gasteiger partial charge < -0.3 is 10.2 Å². The van der Waals surface area contributed by atoms with Gasteiger partial charge in [-0.1, -0.05) is 15.9 Å². The molecule has 3 heterocycles. The van der Waals surface area contributed by atoms with Gasteiger partial charge in [0.25, 0.3) is 0 Å². The molecule has 9 heteroatoms. The molecular formula is C17H16BrFN4O2S. The van der Waals surface area contributed by atoms with Crippen molar-refractivity contribution >= 4 is 50.0 Å². The third kappa shape index (κ3) is 3.21. The lowest BCUT2D eigenvalue weighted by Gasteiger charge is -2.30. The fraction of sp³-hybridized carbons (Fsp3) is 0.353. The topological polar surface area (TPSA) is 65.5 Å². The monoisotopic (exact) mass is 438 g/mol. The van der Waals surface area contributed by atoms with Crippen LogP contribution in [-0.2, 0) is 17.6 Å². The van der Waals surface area contributed by atoms with E-state index in [-0.39, 0.29) is 18.4 Å². The number of anilines is 2. The molecule has 6 nitrogen and oxygen atoms in total. The second-order valence-electron chi connectivity index (χ2n) is 6.23. The van der Waals surface area contributed by atoms with Gasteiger partial charge in [-0.05, 0) is 30.5 Å². The summed E-state index contributed by atoms with van der Waals surface area (Å²) >= 11 is 4.64. The number of thiazole rings is 1. The Labute approximate surface area is 162 Å². The number of fused-ring (bicyclic) bond motifs is 1. The Balaban J connectivity index is 1.53. The Bertz CT molecular complexity index is 888. The highest BCUT2D eigenvalue weighted by molar-refractivity contribution is 9.10. The highest BCUT2D eigenvalue weighted by atomic mass is 79.9. The van der Waals surface area contributed by atoms with Crippen LogP contribution in [0.25, 0.3) is 0 Å². The normalized spacial score (nSPS) is 16.6. The summed E-state index contributed by atoms with van der Waals surface area (Å²) in [7, 11) is 0. The van der Waals surface area contributed by atoms with Crippen molar-refractivity contribution in [1.29, 1.82) is 0 Å². The summed E-state index contributed by atoms with van der Waals surface area (Å²) in [6.45, 7) is 1.65. The SMILES string of the molecule is O=C1NCCN1c1nc(CC(=O)N2CCCc3cc(Br)cc(F)c32)cs1. The third-order valence-corrected chi connectivity index (χ3v) is 5.84. The maximum Gasteiger partial charge on any atom is 0.323 e. The van der Waals surface area contributed by atoms with Crippen molar-refractivity contribution in [2.75, 3.05) is 29.4 Å². The second-order valence-corrected chi connectivity index (χ2v) is 7.98. The van der Waals surface area contributed by atoms with E-state index < -0.39 is 5.82 Å². The summed E-state index contributed by atoms with van der Waals surface area (Å²) in [4.78, 5) is 32.0. The van der Waals surface area contributed by atoms with Crippen molar-refractivity contribution < 1.29 is 14.0 Å². The Morgan fingerprint density at radius 2 is 2.23 bits per heavy atom. The Kier molecular flexibility index (Phi) is 4.66. The summed E-state index contributed by atoms with van der Waals surface area (Å²) in [5, 5.41) is 5.08. The van der Waals surface area contributed by atoms with Gasteiger partial charge in [-0.3, -0.25) is 9.69 Å². The number of nitrogens with one attached hydrogen (secondary N) is 1. The summed E-state index contributed by atoms with van der Waals surface area (Å²) < 4.78 is 15.1. The fourth-order valence-corrected chi connectivity index (χ4v) is 4.63. The highest BCUT2D eigenvalue weighted by Gasteiger charge is 2.28. The molecule has 0 atom stereocenters. The largest absolute Gasteiger partial charge is 0.336 e. The van der Waals surface area contributed by atoms with Gasteiger partial charge in [-0.2, -0.15) is 0 Å². The van der Waals surface area contributed by atoms with Gasteiger partial charge >= 0.3 is 6.03 Å². The number of aromatic nitrogens is 1. The lowest BCUT2D eigenvalue weighted by atomic mass is 10.0. The first-order chi connectivity index (χ1) is 12.5. The van der Waals surface area contributed by atoms with Crippen LogP contribution < -0.4 is 15.1 Å². The molecular weight excluding hydrogens is 423 g/mol. The number of benzene rings is 1. The zero-order chi connectivity index (χ0) is 18.3. The minimum absolute atomic E-state index is 0.0842. The fourth-order valence-electron chi connectivity index (χ4n) is 3.31. The van der Waals surface area contributed by atoms with E-state index in [1.807, 2.05) is 6.07 Å². The van der Waals surface area contributed by atoms with Gasteiger partial charge in [0.1, 0.15) is 5.82 Å². The lowest BCUT2D eigenvalue weighted by Crippen LogP contribution is -2.37. The van der Waals surface area contributed by atoms with E-state index in [0.717, 1.165) is 18.4 Å². The minimum atomic E-state index is -0.393. The maximum atomic E-state index is 14.4. The summed E-state index contributed by atoms with van der Waals surface area (Å²) in [5.41, 5.74) is 1.81. The van der Waals surface area contributed by atoms with Crippen molar-refractivity contribution in [2.45, 2.75) is 19.3 Å². The summed E-state index contributed by atoms with van der Waals surface area (Å²) in [6.07, 6.45) is 1.63. The Morgan fingerprint density at radius 1 is 1.38 bits per heavy atom. The molecule has 0 bridgehead atoms. The number of nitrogens with zero attached hydrogens (tertiary/aromatic N) is 3. The summed E-state index contributed by atoms with van der Waals surface area (Å²) in [6, 6.07) is 3.08. The molecule has 3 amide bonds. The number of hydrogen-bond donors (Lipinski definition) is 1. The molecule has 2 aliphatic rings. The van der Waals surface area contributed by atoms with E-state index >= 15 is 0 Å². The van der Waals surface area contributed by atoms with Gasteiger partial charge in [-0.25, -0.2) is 14.2 Å². The van der Waals surface area contributed by atoms with Crippen LogP contribution in [-0.4, -0.2) is 36.6 Å². The van der Waals surface area contributed by atoms with Crippen LogP contribution >= 0.6 is 27.3 Å². The molecule has 0 radical (unpaired) electrons. The molecule has 4 rings (SSSR count). The standard InChI is InChI=1S/C17H16BrFN4O2S/c18-11-6-10-2-1-4-22(15(10)13(19)7-11)14(24)8-12-9-26-17(21-12)23-5-3-20-16(23)25/h6-7,9H,1-5,8H2,(H,20,25). The van der Waals surface area contributed by atoms with Crippen molar-refractivity contribution in [3.8, 4) is 0 Å². The smallest absolute Gasteiger partial charge is 0.323 e. The molecule has 0 saturated carbocycles. The van der Waals surface area contributed by atoms with Crippen LogP contribution in [0.15, 0.2) is 22.0 Å². The van der Waals surface area contributed by atoms with E-state index in [9.17, 15) is 14.0 Å². The van der Waals surface area contributed by atoms with Crippen LogP contribution in [0.1, 0.15) is 17.7 Å². The van der Waals surface area contributed by atoms with Crippen LogP contribution in [0, 0.1) is 5.82 Å². The number of carbonyl (C=O) groups excluding carboxylic acids is 2. The van der Waals surface area contributed by atoms with E-state index in [1.165, 1.54) is 22.3 Å². The third-order valence-electron chi connectivity index (χ3n) is 4.47. The van der Waals surface area contributed by atoms with E-state index in [1.54, 1.807) is 10.3 Å². The number of carbonyl (C=O) groups is 2. The number of hydrogen-bond acceptors (Lipinski definition) is 4. The molecule has 2 aliphatic heterocycles. The molecule has 1 N–H and O–H groups in total. The van der Waals surface area contributed by atoms with Crippen molar-refractivity contribution in [3.05, 3.63) is 39.1 Å². The predicted molar refractivity (Wildman–Crippen MR) is 101 cm³/mol. The molecule has 1 fully saturated rings. The van der Waals surface area contributed by atoms with E-state index in [0.29, 0.717) is 40.6 Å². The number of aryl methyl sites for hydroxylation is 1. The molecule has 2 aromatic rings. The highest BCUT2D eigenvalue weighted by Crippen LogP contribution is 2.33. The summed E-state index contributed by atoms with van der Waals surface area (Å²) in [5.74, 6) is -0.579. The number of amides is 3. The van der Waals surface area contributed by atoms with E-state index in [2.05, 4.69) is 26.2 Å². The van der Waals surface area contributed by atoms with Gasteiger partial charge in [0.2, 0.25) is 5.91 Å².